The highest BCUT2D eigenvalue weighted by atomic mass is 79.9. The first-order valence-electron chi connectivity index (χ1n) is 7.94. The molecule has 0 bridgehead atoms. The van der Waals surface area contributed by atoms with Gasteiger partial charge in [0.15, 0.2) is 5.69 Å². The first-order valence-corrected chi connectivity index (χ1v) is 8.73. The molecular weight excluding hydrogens is 396 g/mol. The number of nitrogens with two attached hydrogens (primary N) is 2. The van der Waals surface area contributed by atoms with Gasteiger partial charge in [0, 0.05) is 17.5 Å². The van der Waals surface area contributed by atoms with E-state index in [0.29, 0.717) is 14.6 Å². The Bertz CT molecular complexity index is 988. The van der Waals surface area contributed by atoms with Crippen LogP contribution in [0.3, 0.4) is 0 Å². The molecule has 0 aromatic heterocycles. The minimum absolute atomic E-state index is 0.109. The molecule has 0 spiro atoms. The Balaban J connectivity index is 2.21. The lowest BCUT2D eigenvalue weighted by Crippen LogP contribution is -2.34. The third-order valence-electron chi connectivity index (χ3n) is 4.17. The van der Waals surface area contributed by atoms with Crippen molar-refractivity contribution in [1.82, 2.24) is 4.48 Å². The average molecular weight is 416 g/mol. The number of nitrogens with zero attached hydrogens (tertiary/aromatic N) is 2. The van der Waals surface area contributed by atoms with Crippen LogP contribution < -0.4 is 16.0 Å². The van der Waals surface area contributed by atoms with E-state index in [9.17, 15) is 9.90 Å². The van der Waals surface area contributed by atoms with Crippen molar-refractivity contribution in [1.29, 1.82) is 0 Å². The molecule has 2 aromatic carbocycles. The maximum Gasteiger partial charge on any atom is 0.214 e. The van der Waals surface area contributed by atoms with E-state index in [1.807, 2.05) is 45.4 Å². The van der Waals surface area contributed by atoms with Crippen LogP contribution in [0.25, 0.3) is 5.70 Å². The van der Waals surface area contributed by atoms with Crippen LogP contribution in [-0.4, -0.2) is 37.7 Å². The van der Waals surface area contributed by atoms with Crippen LogP contribution >= 0.6 is 15.9 Å². The summed E-state index contributed by atoms with van der Waals surface area (Å²) in [5.41, 5.74) is 14.8. The number of rotatable bonds is 2. The Morgan fingerprint density at radius 3 is 2.42 bits per heavy atom. The SMILES string of the molecule is C[N+](C)(C)c1ccccc1N=C1C=C(N)c2c(O)c(Br)cc(N)c2C1=O. The van der Waals surface area contributed by atoms with E-state index >= 15 is 0 Å². The smallest absolute Gasteiger partial charge is 0.214 e. The largest absolute Gasteiger partial charge is 0.506 e. The van der Waals surface area contributed by atoms with Crippen LogP contribution in [0.4, 0.5) is 17.1 Å². The normalized spacial score (nSPS) is 15.8. The zero-order chi connectivity index (χ0) is 19.2. The molecule has 7 heteroatoms. The fraction of sp³-hybridized carbons (Fsp3) is 0.158. The van der Waals surface area contributed by atoms with Crippen molar-refractivity contribution < 1.29 is 9.90 Å². The Morgan fingerprint density at radius 2 is 1.77 bits per heavy atom. The lowest BCUT2D eigenvalue weighted by molar-refractivity contribution is 0.106. The van der Waals surface area contributed by atoms with Gasteiger partial charge in [-0.25, -0.2) is 4.99 Å². The number of hydrogen-bond donors (Lipinski definition) is 3. The molecule has 0 heterocycles. The minimum Gasteiger partial charge on any atom is -0.506 e. The predicted molar refractivity (Wildman–Crippen MR) is 110 cm³/mol. The number of benzene rings is 2. The fourth-order valence-corrected chi connectivity index (χ4v) is 3.38. The number of nitrogen functional groups attached to an aromatic ring is 1. The number of fused-ring (bicyclic) bond motifs is 1. The first kappa shape index (κ1) is 18.2. The molecule has 134 valence electrons. The quantitative estimate of drug-likeness (QED) is 0.398. The van der Waals surface area contributed by atoms with Gasteiger partial charge in [-0.1, -0.05) is 12.1 Å². The molecule has 0 radical (unpaired) electrons. The predicted octanol–water partition coefficient (Wildman–Crippen LogP) is 3.20. The third-order valence-corrected chi connectivity index (χ3v) is 4.77. The molecule has 1 aliphatic rings. The van der Waals surface area contributed by atoms with Gasteiger partial charge in [-0.3, -0.25) is 9.28 Å². The van der Waals surface area contributed by atoms with Crippen LogP contribution in [0.5, 0.6) is 5.75 Å². The minimum atomic E-state index is -0.370. The second kappa shape index (κ2) is 6.26. The number of halogens is 1. The van der Waals surface area contributed by atoms with E-state index in [1.54, 1.807) is 0 Å². The van der Waals surface area contributed by atoms with Gasteiger partial charge in [0.1, 0.15) is 17.1 Å². The summed E-state index contributed by atoms with van der Waals surface area (Å²) in [6.45, 7) is 0. The summed E-state index contributed by atoms with van der Waals surface area (Å²) in [6.07, 6.45) is 1.47. The monoisotopic (exact) mass is 415 g/mol. The van der Waals surface area contributed by atoms with Crippen molar-refractivity contribution in [3.63, 3.8) is 0 Å². The van der Waals surface area contributed by atoms with Gasteiger partial charge in [0.25, 0.3) is 0 Å². The summed E-state index contributed by atoms with van der Waals surface area (Å²) in [4.78, 5) is 17.5. The van der Waals surface area contributed by atoms with Crippen LogP contribution in [-0.2, 0) is 0 Å². The zero-order valence-electron chi connectivity index (χ0n) is 14.7. The van der Waals surface area contributed by atoms with Gasteiger partial charge < -0.3 is 16.6 Å². The molecule has 0 aliphatic heterocycles. The molecular formula is C19H20BrN4O2+. The van der Waals surface area contributed by atoms with Crippen molar-refractivity contribution in [2.75, 3.05) is 26.9 Å². The molecule has 0 atom stereocenters. The Kier molecular flexibility index (Phi) is 4.37. The van der Waals surface area contributed by atoms with Crippen molar-refractivity contribution >= 4 is 50.2 Å². The number of aliphatic imine (C=N–C) groups is 1. The highest BCUT2D eigenvalue weighted by Gasteiger charge is 2.30. The molecule has 1 aliphatic carbocycles. The third kappa shape index (κ3) is 3.00. The summed E-state index contributed by atoms with van der Waals surface area (Å²) in [7, 11) is 6.07. The summed E-state index contributed by atoms with van der Waals surface area (Å²) >= 11 is 3.22. The number of phenols is 1. The van der Waals surface area contributed by atoms with Gasteiger partial charge in [0.2, 0.25) is 5.78 Å². The van der Waals surface area contributed by atoms with E-state index in [4.69, 9.17) is 11.5 Å². The number of para-hydroxylation sites is 2. The molecule has 0 saturated carbocycles. The lowest BCUT2D eigenvalue weighted by atomic mass is 9.90. The first-order chi connectivity index (χ1) is 12.1. The van der Waals surface area contributed by atoms with Gasteiger partial charge in [-0.05, 0) is 34.1 Å². The van der Waals surface area contributed by atoms with Crippen molar-refractivity contribution in [3.8, 4) is 5.75 Å². The number of hydrogen-bond acceptors (Lipinski definition) is 5. The zero-order valence-corrected chi connectivity index (χ0v) is 16.3. The number of anilines is 1. The van der Waals surface area contributed by atoms with E-state index < -0.39 is 0 Å². The standard InChI is InChI=1S/C19H19BrN4O2/c1-24(2,3)15-7-5-4-6-13(15)23-14-9-12(22)16-17(19(14)26)11(21)8-10(20)18(16)25/h4-9H,1-3H3,(H4-,21,22,23,25,26)/p+1. The van der Waals surface area contributed by atoms with Crippen LogP contribution in [0.1, 0.15) is 15.9 Å². The molecule has 0 saturated heterocycles. The summed E-state index contributed by atoms with van der Waals surface area (Å²) in [5.74, 6) is -0.479. The maximum atomic E-state index is 13.0. The van der Waals surface area contributed by atoms with Gasteiger partial charge in [-0.15, -0.1) is 0 Å². The van der Waals surface area contributed by atoms with Gasteiger partial charge >= 0.3 is 0 Å². The molecule has 6 nitrogen and oxygen atoms in total. The van der Waals surface area contributed by atoms with Crippen molar-refractivity contribution in [2.45, 2.75) is 0 Å². The molecule has 5 N–H and O–H groups in total. The Labute approximate surface area is 160 Å². The van der Waals surface area contributed by atoms with E-state index in [0.717, 1.165) is 5.69 Å². The molecule has 0 fully saturated rings. The van der Waals surface area contributed by atoms with E-state index in [2.05, 4.69) is 20.9 Å². The highest BCUT2D eigenvalue weighted by molar-refractivity contribution is 9.10. The number of Topliss-reactive ketones (excluding diaryl/α,β-unsaturated/α-hetero) is 1. The molecule has 26 heavy (non-hydrogen) atoms. The number of phenolic OH excluding ortho intramolecular Hbond substituents is 1. The second-order valence-corrected chi connectivity index (χ2v) is 7.83. The van der Waals surface area contributed by atoms with Crippen LogP contribution in [0.15, 0.2) is 45.9 Å². The summed E-state index contributed by atoms with van der Waals surface area (Å²) < 4.78 is 0.931. The maximum absolute atomic E-state index is 13.0. The number of quaternary nitrogens is 1. The number of carbonyl (C=O) groups is 1. The molecule has 0 amide bonds. The number of aromatic hydroxyl groups is 1. The van der Waals surface area contributed by atoms with E-state index in [1.165, 1.54) is 12.1 Å². The summed E-state index contributed by atoms with van der Waals surface area (Å²) in [6, 6.07) is 9.09. The molecule has 0 unspecified atom stereocenters. The van der Waals surface area contributed by atoms with Gasteiger partial charge in [-0.2, -0.15) is 0 Å². The van der Waals surface area contributed by atoms with Crippen molar-refractivity contribution in [3.05, 3.63) is 52.0 Å². The lowest BCUT2D eigenvalue weighted by Gasteiger charge is -2.25. The number of allylic oxidation sites excluding steroid dienone is 1. The second-order valence-electron chi connectivity index (χ2n) is 6.97. The Morgan fingerprint density at radius 1 is 1.12 bits per heavy atom. The number of carbonyl (C=O) groups excluding carboxylic acids is 1. The fourth-order valence-electron chi connectivity index (χ4n) is 2.94. The summed E-state index contributed by atoms with van der Waals surface area (Å²) in [5, 5.41) is 10.3. The molecule has 2 aromatic rings. The number of ketones is 1. The van der Waals surface area contributed by atoms with Crippen molar-refractivity contribution in [2.24, 2.45) is 10.7 Å². The molecule has 3 rings (SSSR count). The van der Waals surface area contributed by atoms with Crippen LogP contribution in [0, 0.1) is 0 Å². The van der Waals surface area contributed by atoms with Gasteiger partial charge in [0.05, 0.1) is 36.7 Å². The van der Waals surface area contributed by atoms with Crippen LogP contribution in [0.2, 0.25) is 0 Å². The Hall–Kier alpha value is -2.64. The topological polar surface area (TPSA) is 102 Å². The average Bonchev–Trinajstić information content (AvgIpc) is 2.55. The van der Waals surface area contributed by atoms with E-state index in [-0.39, 0.29) is 39.8 Å². The highest BCUT2D eigenvalue weighted by Crippen LogP contribution is 2.40.